The number of methoxy groups -OCH3 is 1. The third-order valence-corrected chi connectivity index (χ3v) is 4.82. The van der Waals surface area contributed by atoms with Crippen LogP contribution in [-0.4, -0.2) is 40.8 Å². The number of rotatable bonds is 5. The van der Waals surface area contributed by atoms with E-state index in [1.807, 2.05) is 36.3 Å². The van der Waals surface area contributed by atoms with Crippen LogP contribution in [0.25, 0.3) is 0 Å². The van der Waals surface area contributed by atoms with Gasteiger partial charge in [-0.2, -0.15) is 0 Å². The SMILES string of the molecule is CO[C@@H]1CN(Cc2cncn2C)CC[C@@H]1Cc1ccccc1F. The molecule has 5 heteroatoms. The summed E-state index contributed by atoms with van der Waals surface area (Å²) in [6.07, 6.45) is 5.63. The van der Waals surface area contributed by atoms with E-state index in [4.69, 9.17) is 4.74 Å². The molecule has 1 aromatic carbocycles. The minimum atomic E-state index is -0.111. The second-order valence-corrected chi connectivity index (χ2v) is 6.35. The van der Waals surface area contributed by atoms with Crippen molar-refractivity contribution >= 4 is 0 Å². The number of halogens is 1. The molecule has 1 saturated heterocycles. The molecule has 2 aromatic rings. The van der Waals surface area contributed by atoms with E-state index < -0.39 is 0 Å². The summed E-state index contributed by atoms with van der Waals surface area (Å²) in [6.45, 7) is 2.76. The normalized spacial score (nSPS) is 22.4. The molecule has 4 nitrogen and oxygen atoms in total. The Morgan fingerprint density at radius 3 is 2.87 bits per heavy atom. The molecule has 0 radical (unpaired) electrons. The maximum atomic E-state index is 13.9. The molecule has 0 spiro atoms. The average molecular weight is 317 g/mol. The molecule has 0 unspecified atom stereocenters. The van der Waals surface area contributed by atoms with Crippen LogP contribution >= 0.6 is 0 Å². The predicted octanol–water partition coefficient (Wildman–Crippen LogP) is 2.64. The Labute approximate surface area is 136 Å². The molecule has 0 saturated carbocycles. The molecule has 1 fully saturated rings. The topological polar surface area (TPSA) is 30.3 Å². The van der Waals surface area contributed by atoms with Gasteiger partial charge in [-0.25, -0.2) is 9.37 Å². The van der Waals surface area contributed by atoms with E-state index in [1.54, 1.807) is 13.2 Å². The van der Waals surface area contributed by atoms with Crippen molar-refractivity contribution in [1.29, 1.82) is 0 Å². The summed E-state index contributed by atoms with van der Waals surface area (Å²) in [7, 11) is 3.77. The van der Waals surface area contributed by atoms with E-state index in [0.717, 1.165) is 38.0 Å². The first-order chi connectivity index (χ1) is 11.2. The minimum absolute atomic E-state index is 0.111. The monoisotopic (exact) mass is 317 g/mol. The summed E-state index contributed by atoms with van der Waals surface area (Å²) in [5.74, 6) is 0.249. The van der Waals surface area contributed by atoms with E-state index in [9.17, 15) is 4.39 Å². The average Bonchev–Trinajstić information content (AvgIpc) is 2.96. The van der Waals surface area contributed by atoms with Gasteiger partial charge >= 0.3 is 0 Å². The third kappa shape index (κ3) is 3.79. The van der Waals surface area contributed by atoms with Crippen molar-refractivity contribution in [3.63, 3.8) is 0 Å². The number of benzene rings is 1. The smallest absolute Gasteiger partial charge is 0.126 e. The summed E-state index contributed by atoms with van der Waals surface area (Å²) in [5, 5.41) is 0. The molecule has 124 valence electrons. The van der Waals surface area contributed by atoms with Crippen molar-refractivity contribution in [3.8, 4) is 0 Å². The van der Waals surface area contributed by atoms with Gasteiger partial charge in [-0.1, -0.05) is 18.2 Å². The molecule has 1 aliphatic rings. The first kappa shape index (κ1) is 16.1. The van der Waals surface area contributed by atoms with Gasteiger partial charge < -0.3 is 9.30 Å². The van der Waals surface area contributed by atoms with Crippen LogP contribution in [0.3, 0.4) is 0 Å². The van der Waals surface area contributed by atoms with Gasteiger partial charge in [0.1, 0.15) is 5.82 Å². The number of nitrogens with zero attached hydrogens (tertiary/aromatic N) is 3. The van der Waals surface area contributed by atoms with Gasteiger partial charge in [-0.3, -0.25) is 4.90 Å². The molecular formula is C18H24FN3O. The number of hydrogen-bond donors (Lipinski definition) is 0. The summed E-state index contributed by atoms with van der Waals surface area (Å²) in [4.78, 5) is 6.56. The quantitative estimate of drug-likeness (QED) is 0.849. The number of imidazole rings is 1. The molecule has 0 N–H and O–H groups in total. The summed E-state index contributed by atoms with van der Waals surface area (Å²) in [5.41, 5.74) is 1.99. The summed E-state index contributed by atoms with van der Waals surface area (Å²) >= 11 is 0. The zero-order valence-corrected chi connectivity index (χ0v) is 13.8. The number of aromatic nitrogens is 2. The van der Waals surface area contributed by atoms with Crippen LogP contribution in [0.15, 0.2) is 36.8 Å². The Morgan fingerprint density at radius 1 is 1.35 bits per heavy atom. The van der Waals surface area contributed by atoms with Crippen LogP contribution in [0.2, 0.25) is 0 Å². The molecule has 2 atom stereocenters. The molecule has 1 aromatic heterocycles. The lowest BCUT2D eigenvalue weighted by molar-refractivity contribution is -0.0143. The van der Waals surface area contributed by atoms with Gasteiger partial charge in [0, 0.05) is 33.4 Å². The van der Waals surface area contributed by atoms with Crippen molar-refractivity contribution in [2.45, 2.75) is 25.5 Å². The van der Waals surface area contributed by atoms with Gasteiger partial charge in [-0.05, 0) is 36.9 Å². The molecule has 1 aliphatic heterocycles. The third-order valence-electron chi connectivity index (χ3n) is 4.82. The summed E-state index contributed by atoms with van der Waals surface area (Å²) in [6, 6.07) is 7.06. The van der Waals surface area contributed by atoms with E-state index >= 15 is 0 Å². The molecule has 3 rings (SSSR count). The maximum absolute atomic E-state index is 13.9. The van der Waals surface area contributed by atoms with Gasteiger partial charge in [0.2, 0.25) is 0 Å². The molecule has 0 amide bonds. The Kier molecular flexibility index (Phi) is 5.08. The van der Waals surface area contributed by atoms with Crippen molar-refractivity contribution in [3.05, 3.63) is 53.9 Å². The van der Waals surface area contributed by atoms with Gasteiger partial charge in [0.05, 0.1) is 18.1 Å². The molecular weight excluding hydrogens is 293 g/mol. The van der Waals surface area contributed by atoms with E-state index in [2.05, 4.69) is 9.88 Å². The molecule has 2 heterocycles. The Bertz CT molecular complexity index is 643. The van der Waals surface area contributed by atoms with Crippen molar-refractivity contribution in [1.82, 2.24) is 14.5 Å². The predicted molar refractivity (Wildman–Crippen MR) is 87.5 cm³/mol. The standard InChI is InChI=1S/C18H24FN3O/c1-21-13-20-10-16(21)11-22-8-7-15(18(12-22)23-2)9-14-5-3-4-6-17(14)19/h3-6,10,13,15,18H,7-9,11-12H2,1-2H3/t15-,18-/m1/s1. The number of hydrogen-bond acceptors (Lipinski definition) is 3. The van der Waals surface area contributed by atoms with Crippen molar-refractivity contribution < 1.29 is 9.13 Å². The number of ether oxygens (including phenoxy) is 1. The lowest BCUT2D eigenvalue weighted by Crippen LogP contribution is -2.45. The largest absolute Gasteiger partial charge is 0.380 e. The number of piperidine rings is 1. The number of likely N-dealkylation sites (tertiary alicyclic amines) is 1. The van der Waals surface area contributed by atoms with Gasteiger partial charge in [-0.15, -0.1) is 0 Å². The Morgan fingerprint density at radius 2 is 2.17 bits per heavy atom. The highest BCUT2D eigenvalue weighted by Gasteiger charge is 2.30. The second kappa shape index (κ2) is 7.23. The Balaban J connectivity index is 1.63. The highest BCUT2D eigenvalue weighted by molar-refractivity contribution is 5.18. The number of aryl methyl sites for hydroxylation is 1. The van der Waals surface area contributed by atoms with E-state index in [0.29, 0.717) is 5.92 Å². The van der Waals surface area contributed by atoms with Gasteiger partial charge in [0.25, 0.3) is 0 Å². The fourth-order valence-electron chi connectivity index (χ4n) is 3.39. The lowest BCUT2D eigenvalue weighted by atomic mass is 9.87. The fourth-order valence-corrected chi connectivity index (χ4v) is 3.39. The zero-order chi connectivity index (χ0) is 16.2. The van der Waals surface area contributed by atoms with Crippen LogP contribution in [0.5, 0.6) is 0 Å². The highest BCUT2D eigenvalue weighted by Crippen LogP contribution is 2.26. The Hall–Kier alpha value is -1.72. The zero-order valence-electron chi connectivity index (χ0n) is 13.8. The first-order valence-corrected chi connectivity index (χ1v) is 8.11. The maximum Gasteiger partial charge on any atom is 0.126 e. The van der Waals surface area contributed by atoms with E-state index in [-0.39, 0.29) is 11.9 Å². The van der Waals surface area contributed by atoms with Crippen LogP contribution in [0, 0.1) is 11.7 Å². The first-order valence-electron chi connectivity index (χ1n) is 8.11. The van der Waals surface area contributed by atoms with Crippen LogP contribution in [0.4, 0.5) is 4.39 Å². The fraction of sp³-hybridized carbons (Fsp3) is 0.500. The van der Waals surface area contributed by atoms with Crippen LogP contribution in [0.1, 0.15) is 17.7 Å². The van der Waals surface area contributed by atoms with Crippen molar-refractivity contribution in [2.75, 3.05) is 20.2 Å². The van der Waals surface area contributed by atoms with Crippen LogP contribution in [-0.2, 0) is 24.8 Å². The minimum Gasteiger partial charge on any atom is -0.380 e. The molecule has 0 aliphatic carbocycles. The van der Waals surface area contributed by atoms with Gasteiger partial charge in [0.15, 0.2) is 0 Å². The van der Waals surface area contributed by atoms with Crippen LogP contribution < -0.4 is 0 Å². The molecule has 23 heavy (non-hydrogen) atoms. The van der Waals surface area contributed by atoms with E-state index in [1.165, 1.54) is 11.8 Å². The summed E-state index contributed by atoms with van der Waals surface area (Å²) < 4.78 is 21.6. The second-order valence-electron chi connectivity index (χ2n) is 6.35. The lowest BCUT2D eigenvalue weighted by Gasteiger charge is -2.38. The van der Waals surface area contributed by atoms with Crippen molar-refractivity contribution in [2.24, 2.45) is 13.0 Å². The highest BCUT2D eigenvalue weighted by atomic mass is 19.1. The molecule has 0 bridgehead atoms.